The van der Waals surface area contributed by atoms with Gasteiger partial charge in [0, 0.05) is 43.7 Å². The highest BCUT2D eigenvalue weighted by Gasteiger charge is 2.60. The lowest BCUT2D eigenvalue weighted by atomic mass is 9.80. The number of hydrogen-bond acceptors (Lipinski definition) is 5. The second-order valence-corrected chi connectivity index (χ2v) is 8.84. The molecule has 31 heavy (non-hydrogen) atoms. The molecule has 1 atom stereocenters. The van der Waals surface area contributed by atoms with Crippen molar-refractivity contribution in [2.75, 3.05) is 32.8 Å². The first kappa shape index (κ1) is 20.1. The molecule has 2 heterocycles. The van der Waals surface area contributed by atoms with Crippen LogP contribution in [-0.4, -0.2) is 59.5 Å². The van der Waals surface area contributed by atoms with Gasteiger partial charge in [-0.3, -0.25) is 9.59 Å². The van der Waals surface area contributed by atoms with Crippen LogP contribution in [0.2, 0.25) is 0 Å². The second kappa shape index (κ2) is 8.38. The number of benzene rings is 1. The third-order valence-corrected chi connectivity index (χ3v) is 6.94. The average Bonchev–Trinajstić information content (AvgIpc) is 3.57. The van der Waals surface area contributed by atoms with Gasteiger partial charge in [-0.1, -0.05) is 36.8 Å². The van der Waals surface area contributed by atoms with Crippen molar-refractivity contribution in [1.29, 1.82) is 0 Å². The highest BCUT2D eigenvalue weighted by molar-refractivity contribution is 5.95. The van der Waals surface area contributed by atoms with E-state index in [9.17, 15) is 9.59 Å². The first-order chi connectivity index (χ1) is 15.2. The minimum atomic E-state index is -0.0696. The molecule has 1 aromatic heterocycles. The van der Waals surface area contributed by atoms with Crippen LogP contribution < -0.4 is 5.32 Å². The number of amides is 2. The van der Waals surface area contributed by atoms with Crippen LogP contribution in [0.15, 0.2) is 36.5 Å². The molecular weight excluding hydrogens is 392 g/mol. The number of morpholine rings is 1. The summed E-state index contributed by atoms with van der Waals surface area (Å²) in [5, 5.41) is 3.08. The fourth-order valence-electron chi connectivity index (χ4n) is 4.78. The highest BCUT2D eigenvalue weighted by atomic mass is 16.5. The van der Waals surface area contributed by atoms with E-state index in [0.717, 1.165) is 12.0 Å². The smallest absolute Gasteiger partial charge is 0.257 e. The molecule has 1 N–H and O–H groups in total. The Balaban J connectivity index is 1.32. The molecule has 0 bridgehead atoms. The fourth-order valence-corrected chi connectivity index (χ4v) is 4.78. The normalized spacial score (nSPS) is 21.4. The number of nitrogens with one attached hydrogen (secondary N) is 1. The van der Waals surface area contributed by atoms with E-state index in [1.165, 1.54) is 19.3 Å². The van der Waals surface area contributed by atoms with Crippen LogP contribution in [0.25, 0.3) is 11.4 Å². The second-order valence-electron chi connectivity index (χ2n) is 8.84. The van der Waals surface area contributed by atoms with E-state index in [1.807, 2.05) is 30.3 Å². The number of carbonyl (C=O) groups is 2. The van der Waals surface area contributed by atoms with Crippen molar-refractivity contribution in [3.8, 4) is 11.4 Å². The lowest BCUT2D eigenvalue weighted by Crippen LogP contribution is -2.41. The summed E-state index contributed by atoms with van der Waals surface area (Å²) in [4.78, 5) is 36.6. The van der Waals surface area contributed by atoms with Crippen LogP contribution in [0.1, 0.15) is 41.7 Å². The summed E-state index contributed by atoms with van der Waals surface area (Å²) < 4.78 is 5.37. The van der Waals surface area contributed by atoms with Crippen molar-refractivity contribution in [3.05, 3.63) is 47.8 Å². The number of nitrogens with zero attached hydrogens (tertiary/aromatic N) is 3. The maximum absolute atomic E-state index is 13.1. The van der Waals surface area contributed by atoms with Crippen molar-refractivity contribution in [2.24, 2.45) is 11.3 Å². The summed E-state index contributed by atoms with van der Waals surface area (Å²) >= 11 is 0. The first-order valence-corrected chi connectivity index (χ1v) is 11.2. The van der Waals surface area contributed by atoms with Gasteiger partial charge in [-0.05, 0) is 24.7 Å². The monoisotopic (exact) mass is 420 g/mol. The van der Waals surface area contributed by atoms with E-state index >= 15 is 0 Å². The Bertz CT molecular complexity index is 968. The Kier molecular flexibility index (Phi) is 5.44. The molecule has 1 saturated heterocycles. The summed E-state index contributed by atoms with van der Waals surface area (Å²) in [6.45, 7) is 2.70. The molecule has 7 nitrogen and oxygen atoms in total. The van der Waals surface area contributed by atoms with Crippen molar-refractivity contribution >= 4 is 11.8 Å². The van der Waals surface area contributed by atoms with E-state index < -0.39 is 0 Å². The first-order valence-electron chi connectivity index (χ1n) is 11.2. The molecule has 0 unspecified atom stereocenters. The molecule has 2 aromatic rings. The minimum Gasteiger partial charge on any atom is -0.378 e. The molecule has 2 amide bonds. The van der Waals surface area contributed by atoms with Gasteiger partial charge in [0.25, 0.3) is 5.91 Å². The Hall–Kier alpha value is -2.80. The van der Waals surface area contributed by atoms with Gasteiger partial charge in [-0.2, -0.15) is 0 Å². The maximum atomic E-state index is 13.1. The van der Waals surface area contributed by atoms with Crippen molar-refractivity contribution in [3.63, 3.8) is 0 Å². The van der Waals surface area contributed by atoms with Gasteiger partial charge in [0.15, 0.2) is 5.82 Å². The van der Waals surface area contributed by atoms with Crippen molar-refractivity contribution in [2.45, 2.75) is 32.1 Å². The van der Waals surface area contributed by atoms with Crippen LogP contribution in [0.3, 0.4) is 0 Å². The number of hydrogen-bond donors (Lipinski definition) is 1. The van der Waals surface area contributed by atoms with Gasteiger partial charge in [0.05, 0.1) is 24.5 Å². The molecule has 3 aliphatic rings. The van der Waals surface area contributed by atoms with E-state index in [1.54, 1.807) is 11.1 Å². The van der Waals surface area contributed by atoms with Crippen LogP contribution in [-0.2, 0) is 16.0 Å². The van der Waals surface area contributed by atoms with Crippen LogP contribution in [0.4, 0.5) is 0 Å². The zero-order chi connectivity index (χ0) is 21.3. The Morgan fingerprint density at radius 3 is 2.61 bits per heavy atom. The largest absolute Gasteiger partial charge is 0.378 e. The van der Waals surface area contributed by atoms with Crippen molar-refractivity contribution in [1.82, 2.24) is 20.2 Å². The van der Waals surface area contributed by atoms with E-state index in [4.69, 9.17) is 9.72 Å². The molecule has 0 radical (unpaired) electrons. The van der Waals surface area contributed by atoms with E-state index in [2.05, 4.69) is 10.3 Å². The minimum absolute atomic E-state index is 0.0696. The number of rotatable bonds is 6. The van der Waals surface area contributed by atoms with Crippen molar-refractivity contribution < 1.29 is 14.3 Å². The fraction of sp³-hybridized carbons (Fsp3) is 0.500. The van der Waals surface area contributed by atoms with Gasteiger partial charge in [0.2, 0.25) is 5.91 Å². The molecule has 7 heteroatoms. The molecule has 2 saturated carbocycles. The van der Waals surface area contributed by atoms with Gasteiger partial charge < -0.3 is 15.0 Å². The zero-order valence-electron chi connectivity index (χ0n) is 17.7. The topological polar surface area (TPSA) is 84.4 Å². The average molecular weight is 421 g/mol. The maximum Gasteiger partial charge on any atom is 0.257 e. The quantitative estimate of drug-likeness (QED) is 0.776. The molecule has 162 valence electrons. The lowest BCUT2D eigenvalue weighted by Gasteiger charge is -2.27. The van der Waals surface area contributed by atoms with E-state index in [-0.39, 0.29) is 17.7 Å². The number of ether oxygens (including phenoxy) is 1. The summed E-state index contributed by atoms with van der Waals surface area (Å²) in [6.07, 6.45) is 6.80. The van der Waals surface area contributed by atoms with Crippen LogP contribution in [0.5, 0.6) is 0 Å². The SMILES string of the molecule is O=C(NCCc1nc(-c2ccccc2)ncc1C(=O)N1CCOCC1)[C@H]1CC12CCC2. The van der Waals surface area contributed by atoms with Gasteiger partial charge in [-0.25, -0.2) is 9.97 Å². The molecule has 3 fully saturated rings. The van der Waals surface area contributed by atoms with Crippen LogP contribution >= 0.6 is 0 Å². The highest BCUT2D eigenvalue weighted by Crippen LogP contribution is 2.65. The molecule has 2 aliphatic carbocycles. The van der Waals surface area contributed by atoms with Crippen LogP contribution in [0, 0.1) is 11.3 Å². The lowest BCUT2D eigenvalue weighted by molar-refractivity contribution is -0.123. The third kappa shape index (κ3) is 4.06. The molecular formula is C24H28N4O3. The Labute approximate surface area is 182 Å². The molecule has 1 spiro atoms. The number of aromatic nitrogens is 2. The summed E-state index contributed by atoms with van der Waals surface area (Å²) in [5.74, 6) is 0.856. The number of carbonyl (C=O) groups excluding carboxylic acids is 2. The summed E-state index contributed by atoms with van der Waals surface area (Å²) in [6, 6.07) is 9.74. The molecule has 1 aromatic carbocycles. The molecule has 5 rings (SSSR count). The predicted molar refractivity (Wildman–Crippen MR) is 115 cm³/mol. The Morgan fingerprint density at radius 2 is 1.94 bits per heavy atom. The zero-order valence-corrected chi connectivity index (χ0v) is 17.7. The standard InChI is InChI=1S/C24H28N4O3/c29-22(19-15-24(19)8-4-9-24)25-10-7-20-18(23(30)28-11-13-31-14-12-28)16-26-21(27-20)17-5-2-1-3-6-17/h1-3,5-6,16,19H,4,7-15H2,(H,25,29)/t19-/m1/s1. The molecule has 1 aliphatic heterocycles. The summed E-state index contributed by atoms with van der Waals surface area (Å²) in [7, 11) is 0. The predicted octanol–water partition coefficient (Wildman–Crippen LogP) is 2.46. The van der Waals surface area contributed by atoms with Gasteiger partial charge in [-0.15, -0.1) is 0 Å². The van der Waals surface area contributed by atoms with E-state index in [0.29, 0.717) is 61.8 Å². The Morgan fingerprint density at radius 1 is 1.16 bits per heavy atom. The third-order valence-electron chi connectivity index (χ3n) is 6.94. The summed E-state index contributed by atoms with van der Waals surface area (Å²) in [5.41, 5.74) is 2.41. The van der Waals surface area contributed by atoms with Gasteiger partial charge >= 0.3 is 0 Å². The van der Waals surface area contributed by atoms with Gasteiger partial charge in [0.1, 0.15) is 0 Å².